The van der Waals surface area contributed by atoms with Gasteiger partial charge in [0.15, 0.2) is 0 Å². The van der Waals surface area contributed by atoms with E-state index in [0.29, 0.717) is 17.7 Å². The van der Waals surface area contributed by atoms with Gasteiger partial charge in [0.25, 0.3) is 0 Å². The third-order valence-corrected chi connectivity index (χ3v) is 2.11. The van der Waals surface area contributed by atoms with Gasteiger partial charge in [-0.2, -0.15) is 5.26 Å². The Morgan fingerprint density at radius 1 is 1.47 bits per heavy atom. The van der Waals surface area contributed by atoms with Gasteiger partial charge in [-0.1, -0.05) is 13.8 Å². The Bertz CT molecular complexity index is 352. The molecule has 0 aliphatic heterocycles. The van der Waals surface area contributed by atoms with Gasteiger partial charge >= 0.3 is 0 Å². The Kier molecular flexibility index (Phi) is 4.11. The minimum absolute atomic E-state index is 0.416. The first kappa shape index (κ1) is 11.5. The lowest BCUT2D eigenvalue weighted by molar-refractivity contribution is 0.540. The van der Waals surface area contributed by atoms with Gasteiger partial charge in [-0.25, -0.2) is 4.98 Å². The van der Waals surface area contributed by atoms with Crippen LogP contribution in [-0.4, -0.2) is 11.0 Å². The topological polar surface area (TPSA) is 48.7 Å². The lowest BCUT2D eigenvalue weighted by Gasteiger charge is -2.16. The Balaban J connectivity index is 2.60. The van der Waals surface area contributed by atoms with Crippen LogP contribution in [0.3, 0.4) is 0 Å². The van der Waals surface area contributed by atoms with E-state index in [1.165, 1.54) is 0 Å². The van der Waals surface area contributed by atoms with Gasteiger partial charge in [-0.3, -0.25) is 0 Å². The Morgan fingerprint density at radius 2 is 2.20 bits per heavy atom. The fraction of sp³-hybridized carbons (Fsp3) is 0.500. The second-order valence-corrected chi connectivity index (χ2v) is 4.22. The highest BCUT2D eigenvalue weighted by Gasteiger charge is 2.05. The molecule has 1 atom stereocenters. The van der Waals surface area contributed by atoms with E-state index in [2.05, 4.69) is 31.1 Å². The average molecular weight is 203 g/mol. The summed E-state index contributed by atoms with van der Waals surface area (Å²) >= 11 is 0. The van der Waals surface area contributed by atoms with E-state index < -0.39 is 0 Å². The number of nitrogens with zero attached hydrogens (tertiary/aromatic N) is 2. The summed E-state index contributed by atoms with van der Waals surface area (Å²) in [6, 6.07) is 6.11. The fourth-order valence-electron chi connectivity index (χ4n) is 1.63. The van der Waals surface area contributed by atoms with Crippen molar-refractivity contribution in [3.8, 4) is 6.07 Å². The van der Waals surface area contributed by atoms with Crippen molar-refractivity contribution in [2.75, 3.05) is 5.32 Å². The number of nitriles is 1. The molecule has 80 valence electrons. The van der Waals surface area contributed by atoms with E-state index in [-0.39, 0.29) is 0 Å². The Hall–Kier alpha value is -1.56. The lowest BCUT2D eigenvalue weighted by atomic mass is 10.1. The van der Waals surface area contributed by atoms with Crippen LogP contribution in [0, 0.1) is 17.2 Å². The van der Waals surface area contributed by atoms with Crippen molar-refractivity contribution in [3.63, 3.8) is 0 Å². The van der Waals surface area contributed by atoms with Crippen LogP contribution in [0.4, 0.5) is 5.69 Å². The molecule has 0 amide bonds. The summed E-state index contributed by atoms with van der Waals surface area (Å²) in [6.45, 7) is 6.54. The average Bonchev–Trinajstić information content (AvgIpc) is 2.16. The van der Waals surface area contributed by atoms with Crippen molar-refractivity contribution < 1.29 is 0 Å². The molecule has 1 N–H and O–H groups in total. The first-order chi connectivity index (χ1) is 7.11. The van der Waals surface area contributed by atoms with Gasteiger partial charge in [-0.05, 0) is 31.4 Å². The van der Waals surface area contributed by atoms with Crippen molar-refractivity contribution >= 4 is 5.69 Å². The highest BCUT2D eigenvalue weighted by atomic mass is 14.9. The summed E-state index contributed by atoms with van der Waals surface area (Å²) < 4.78 is 0. The second-order valence-electron chi connectivity index (χ2n) is 4.22. The Labute approximate surface area is 91.1 Å². The molecule has 0 aliphatic rings. The number of nitrogens with one attached hydrogen (secondary N) is 1. The van der Waals surface area contributed by atoms with Crippen molar-refractivity contribution in [2.24, 2.45) is 5.92 Å². The number of pyridine rings is 1. The molecule has 0 fully saturated rings. The summed E-state index contributed by atoms with van der Waals surface area (Å²) in [5.41, 5.74) is 1.42. The molecule has 1 aromatic heterocycles. The van der Waals surface area contributed by atoms with Gasteiger partial charge in [0.1, 0.15) is 11.8 Å². The van der Waals surface area contributed by atoms with E-state index >= 15 is 0 Å². The molecule has 1 rings (SSSR count). The maximum atomic E-state index is 8.70. The molecular weight excluding hydrogens is 186 g/mol. The fourth-order valence-corrected chi connectivity index (χ4v) is 1.63. The van der Waals surface area contributed by atoms with Crippen LogP contribution in [0.25, 0.3) is 0 Å². The van der Waals surface area contributed by atoms with Crippen molar-refractivity contribution in [1.82, 2.24) is 4.98 Å². The molecule has 1 aromatic rings. The number of aromatic nitrogens is 1. The van der Waals surface area contributed by atoms with Gasteiger partial charge < -0.3 is 5.32 Å². The minimum Gasteiger partial charge on any atom is -0.382 e. The molecular formula is C12H17N3. The molecule has 0 saturated carbocycles. The molecule has 0 spiro atoms. The number of hydrogen-bond donors (Lipinski definition) is 1. The van der Waals surface area contributed by atoms with E-state index in [1.807, 2.05) is 12.1 Å². The molecule has 15 heavy (non-hydrogen) atoms. The second kappa shape index (κ2) is 5.35. The van der Waals surface area contributed by atoms with Crippen LogP contribution >= 0.6 is 0 Å². The molecule has 0 radical (unpaired) electrons. The van der Waals surface area contributed by atoms with Crippen LogP contribution in [0.5, 0.6) is 0 Å². The molecule has 3 heteroatoms. The molecule has 3 nitrogen and oxygen atoms in total. The summed E-state index contributed by atoms with van der Waals surface area (Å²) in [5, 5.41) is 12.1. The highest BCUT2D eigenvalue weighted by molar-refractivity contribution is 5.46. The first-order valence-electron chi connectivity index (χ1n) is 5.24. The predicted octanol–water partition coefficient (Wildman–Crippen LogP) is 2.80. The molecule has 0 bridgehead atoms. The number of rotatable bonds is 4. The zero-order valence-corrected chi connectivity index (χ0v) is 9.49. The zero-order chi connectivity index (χ0) is 11.3. The molecule has 0 aromatic carbocycles. The summed E-state index contributed by atoms with van der Waals surface area (Å²) in [7, 11) is 0. The van der Waals surface area contributed by atoms with Crippen LogP contribution in [-0.2, 0) is 0 Å². The Morgan fingerprint density at radius 3 is 2.80 bits per heavy atom. The first-order valence-corrected chi connectivity index (χ1v) is 5.24. The smallest absolute Gasteiger partial charge is 0.142 e. The van der Waals surface area contributed by atoms with Gasteiger partial charge in [0.05, 0.1) is 0 Å². The van der Waals surface area contributed by atoms with Crippen LogP contribution in [0.1, 0.15) is 32.9 Å². The quantitative estimate of drug-likeness (QED) is 0.818. The van der Waals surface area contributed by atoms with Gasteiger partial charge in [-0.15, -0.1) is 0 Å². The molecule has 1 unspecified atom stereocenters. The molecule has 0 saturated heterocycles. The van der Waals surface area contributed by atoms with Crippen molar-refractivity contribution in [3.05, 3.63) is 24.0 Å². The SMILES string of the molecule is CC(C)CC(C)Nc1ccnc(C#N)c1. The van der Waals surface area contributed by atoms with Crippen LogP contribution in [0.15, 0.2) is 18.3 Å². The normalized spacial score (nSPS) is 12.2. The van der Waals surface area contributed by atoms with Crippen molar-refractivity contribution in [1.29, 1.82) is 5.26 Å². The predicted molar refractivity (Wildman–Crippen MR) is 61.5 cm³/mol. The van der Waals surface area contributed by atoms with E-state index in [0.717, 1.165) is 12.1 Å². The number of hydrogen-bond acceptors (Lipinski definition) is 3. The maximum Gasteiger partial charge on any atom is 0.142 e. The summed E-state index contributed by atoms with van der Waals surface area (Å²) in [5.74, 6) is 0.671. The van der Waals surface area contributed by atoms with Gasteiger partial charge in [0, 0.05) is 17.9 Å². The van der Waals surface area contributed by atoms with E-state index in [1.54, 1.807) is 12.3 Å². The van der Waals surface area contributed by atoms with E-state index in [4.69, 9.17) is 5.26 Å². The van der Waals surface area contributed by atoms with Crippen LogP contribution in [0.2, 0.25) is 0 Å². The van der Waals surface area contributed by atoms with E-state index in [9.17, 15) is 0 Å². The lowest BCUT2D eigenvalue weighted by Crippen LogP contribution is -2.17. The monoisotopic (exact) mass is 203 g/mol. The third-order valence-electron chi connectivity index (χ3n) is 2.11. The molecule has 0 aliphatic carbocycles. The maximum absolute atomic E-state index is 8.70. The number of anilines is 1. The largest absolute Gasteiger partial charge is 0.382 e. The summed E-state index contributed by atoms with van der Waals surface area (Å²) in [6.07, 6.45) is 2.77. The minimum atomic E-state index is 0.416. The summed E-state index contributed by atoms with van der Waals surface area (Å²) in [4.78, 5) is 3.92. The highest BCUT2D eigenvalue weighted by Crippen LogP contribution is 2.12. The van der Waals surface area contributed by atoms with Crippen molar-refractivity contribution in [2.45, 2.75) is 33.2 Å². The molecule has 1 heterocycles. The van der Waals surface area contributed by atoms with Crippen LogP contribution < -0.4 is 5.32 Å². The standard InChI is InChI=1S/C12H17N3/c1-9(2)6-10(3)15-11-4-5-14-12(7-11)8-13/h4-5,7,9-10H,6H2,1-3H3,(H,14,15). The van der Waals surface area contributed by atoms with Gasteiger partial charge in [0.2, 0.25) is 0 Å². The third kappa shape index (κ3) is 3.99. The zero-order valence-electron chi connectivity index (χ0n) is 9.49.